The second-order valence-corrected chi connectivity index (χ2v) is 5.51. The van der Waals surface area contributed by atoms with Crippen molar-refractivity contribution in [2.45, 2.75) is 0 Å². The van der Waals surface area contributed by atoms with Crippen LogP contribution in [0.5, 0.6) is 0 Å². The largest absolute Gasteiger partial charge is 0.758 e. The summed E-state index contributed by atoms with van der Waals surface area (Å²) in [4.78, 5) is 0. The zero-order valence-corrected chi connectivity index (χ0v) is 7.57. The molecule has 11 heavy (non-hydrogen) atoms. The molecule has 0 fully saturated rings. The summed E-state index contributed by atoms with van der Waals surface area (Å²) in [6.07, 6.45) is 0.457. The molecule has 7 nitrogen and oxygen atoms in total. The van der Waals surface area contributed by atoms with Crippen molar-refractivity contribution in [3.8, 4) is 0 Å². The first-order chi connectivity index (χ1) is 4.76. The van der Waals surface area contributed by atoms with Gasteiger partial charge in [-0.1, -0.05) is 3.12 Å². The Morgan fingerprint density at radius 3 is 1.45 bits per heavy atom. The number of hydrogen-bond donors (Lipinski definition) is 0. The Hall–Kier alpha value is 0.130. The lowest BCUT2D eigenvalue weighted by atomic mass is 12.0. The summed E-state index contributed by atoms with van der Waals surface area (Å²) in [7, 11) is -4.26. The molecule has 0 saturated heterocycles. The molecule has 10 heteroatoms. The van der Waals surface area contributed by atoms with Crippen molar-refractivity contribution in [2.75, 3.05) is 6.26 Å². The van der Waals surface area contributed by atoms with E-state index < -0.39 is 35.7 Å². The Labute approximate surface area is 68.3 Å². The molecule has 2 unspecified atom stereocenters. The summed E-state index contributed by atoms with van der Waals surface area (Å²) in [6, 6.07) is 0. The van der Waals surface area contributed by atoms with Crippen LogP contribution in [0, 0.1) is 0 Å². The van der Waals surface area contributed by atoms with Crippen LogP contribution in [0.2, 0.25) is 0 Å². The number of sulfonamides is 1. The van der Waals surface area contributed by atoms with Crippen LogP contribution in [-0.2, 0) is 32.6 Å². The Morgan fingerprint density at radius 2 is 1.45 bits per heavy atom. The number of nitrogens with zero attached hydrogens (tertiary/aromatic N) is 1. The van der Waals surface area contributed by atoms with Crippen LogP contribution in [0.15, 0.2) is 0 Å². The van der Waals surface area contributed by atoms with Gasteiger partial charge < -0.3 is 9.11 Å². The molecule has 0 aliphatic rings. The lowest BCUT2D eigenvalue weighted by Gasteiger charge is -2.22. The van der Waals surface area contributed by atoms with Crippen molar-refractivity contribution < 1.29 is 25.9 Å². The lowest BCUT2D eigenvalue weighted by molar-refractivity contribution is 0.480. The predicted molar refractivity (Wildman–Crippen MR) is 34.5 cm³/mol. The van der Waals surface area contributed by atoms with Crippen molar-refractivity contribution in [1.29, 1.82) is 0 Å². The third-order valence-electron chi connectivity index (χ3n) is 0.514. The summed E-state index contributed by atoms with van der Waals surface area (Å²) < 4.78 is 59.8. The van der Waals surface area contributed by atoms with E-state index >= 15 is 0 Å². The van der Waals surface area contributed by atoms with Crippen LogP contribution in [0.3, 0.4) is 0 Å². The van der Waals surface area contributed by atoms with E-state index in [0.29, 0.717) is 6.26 Å². The van der Waals surface area contributed by atoms with Gasteiger partial charge >= 0.3 is 0 Å². The number of hydrogen-bond acceptors (Lipinski definition) is 6. The molecule has 0 aliphatic heterocycles. The molecule has 0 amide bonds. The highest BCUT2D eigenvalue weighted by atomic mass is 32.3. The molecule has 0 aromatic heterocycles. The van der Waals surface area contributed by atoms with E-state index in [9.17, 15) is 25.9 Å². The Bertz CT molecular complexity index is 264. The third kappa shape index (κ3) is 3.35. The molecule has 0 bridgehead atoms. The first-order valence-corrected chi connectivity index (χ1v) is 5.87. The van der Waals surface area contributed by atoms with Crippen molar-refractivity contribution in [2.24, 2.45) is 0 Å². The summed E-state index contributed by atoms with van der Waals surface area (Å²) in [5.74, 6) is 0. The first kappa shape index (κ1) is 11.1. The summed E-state index contributed by atoms with van der Waals surface area (Å²) in [5.41, 5.74) is 0. The molecule has 0 aromatic rings. The minimum Gasteiger partial charge on any atom is -0.758 e. The minimum absolute atomic E-state index is 0.457. The maximum absolute atomic E-state index is 10.4. The fourth-order valence-corrected chi connectivity index (χ4v) is 2.44. The first-order valence-electron chi connectivity index (χ1n) is 1.96. The Kier molecular flexibility index (Phi) is 3.73. The molecular formula is CH3NO6S3-2. The summed E-state index contributed by atoms with van der Waals surface area (Å²) in [6.45, 7) is 0. The van der Waals surface area contributed by atoms with Gasteiger partial charge in [0.25, 0.3) is 0 Å². The molecule has 2 atom stereocenters. The second-order valence-electron chi connectivity index (χ2n) is 1.39. The quantitative estimate of drug-likeness (QED) is 0.501. The molecule has 0 spiro atoms. The molecular weight excluding hydrogens is 218 g/mol. The van der Waals surface area contributed by atoms with Crippen molar-refractivity contribution >= 4 is 32.6 Å². The standard InChI is InChI=1S/CH5NO6S3/c1-11(7,8)2(9(3)4)10(5)6/h1H3,(H,3,4)(H,5,6)/p-2. The average Bonchev–Trinajstić information content (AvgIpc) is 1.54. The van der Waals surface area contributed by atoms with Gasteiger partial charge in [0.1, 0.15) is 0 Å². The average molecular weight is 221 g/mol. The van der Waals surface area contributed by atoms with Crippen LogP contribution in [0.4, 0.5) is 0 Å². The van der Waals surface area contributed by atoms with Gasteiger partial charge in [-0.15, -0.1) is 0 Å². The van der Waals surface area contributed by atoms with Crippen LogP contribution in [0.25, 0.3) is 0 Å². The van der Waals surface area contributed by atoms with Crippen molar-refractivity contribution in [3.63, 3.8) is 0 Å². The summed E-state index contributed by atoms with van der Waals surface area (Å²) in [5, 5.41) is 0. The monoisotopic (exact) mass is 221 g/mol. The highest BCUT2D eigenvalue weighted by Gasteiger charge is 2.17. The van der Waals surface area contributed by atoms with Crippen LogP contribution >= 0.6 is 0 Å². The van der Waals surface area contributed by atoms with Gasteiger partial charge in [-0.3, -0.25) is 8.42 Å². The Balaban J connectivity index is 4.94. The van der Waals surface area contributed by atoms with E-state index in [1.165, 1.54) is 0 Å². The second kappa shape index (κ2) is 3.69. The van der Waals surface area contributed by atoms with Gasteiger partial charge in [0.05, 0.1) is 6.26 Å². The molecule has 0 aliphatic carbocycles. The van der Waals surface area contributed by atoms with Crippen LogP contribution < -0.4 is 0 Å². The maximum atomic E-state index is 10.4. The van der Waals surface area contributed by atoms with Gasteiger partial charge in [-0.25, -0.2) is 8.42 Å². The SMILES string of the molecule is CS(=O)(=O)N(S(=O)[O-])S(=O)[O-]. The van der Waals surface area contributed by atoms with E-state index in [-0.39, 0.29) is 0 Å². The van der Waals surface area contributed by atoms with Crippen LogP contribution in [0.1, 0.15) is 0 Å². The van der Waals surface area contributed by atoms with Gasteiger partial charge in [-0.2, -0.15) is 0 Å². The Morgan fingerprint density at radius 1 is 1.18 bits per heavy atom. The highest BCUT2D eigenvalue weighted by Crippen LogP contribution is 2.02. The minimum atomic E-state index is -4.26. The highest BCUT2D eigenvalue weighted by molar-refractivity contribution is 8.10. The molecule has 0 heterocycles. The lowest BCUT2D eigenvalue weighted by Crippen LogP contribution is -2.33. The van der Waals surface area contributed by atoms with E-state index in [4.69, 9.17) is 0 Å². The van der Waals surface area contributed by atoms with Gasteiger partial charge in [0.2, 0.25) is 10.0 Å². The molecule has 0 N–H and O–H groups in total. The molecule has 0 radical (unpaired) electrons. The van der Waals surface area contributed by atoms with E-state index in [1.807, 2.05) is 0 Å². The van der Waals surface area contributed by atoms with Crippen molar-refractivity contribution in [3.05, 3.63) is 0 Å². The van der Waals surface area contributed by atoms with Gasteiger partial charge in [0, 0.05) is 22.5 Å². The normalized spacial score (nSPS) is 18.2. The fourth-order valence-electron chi connectivity index (χ4n) is 0.271. The van der Waals surface area contributed by atoms with Crippen molar-refractivity contribution in [1.82, 2.24) is 3.12 Å². The zero-order chi connectivity index (χ0) is 9.23. The molecule has 0 saturated carbocycles. The predicted octanol–water partition coefficient (Wildman–Crippen LogP) is -2.16. The smallest absolute Gasteiger partial charge is 0.232 e. The van der Waals surface area contributed by atoms with E-state index in [0.717, 1.165) is 0 Å². The third-order valence-corrected chi connectivity index (χ3v) is 4.63. The zero-order valence-electron chi connectivity index (χ0n) is 5.12. The molecule has 0 aromatic carbocycles. The van der Waals surface area contributed by atoms with Gasteiger partial charge in [0.15, 0.2) is 0 Å². The van der Waals surface area contributed by atoms with E-state index in [2.05, 4.69) is 0 Å². The van der Waals surface area contributed by atoms with Crippen LogP contribution in [-0.4, -0.2) is 35.3 Å². The van der Waals surface area contributed by atoms with E-state index in [1.54, 1.807) is 0 Å². The maximum Gasteiger partial charge on any atom is 0.232 e. The summed E-state index contributed by atoms with van der Waals surface area (Å²) >= 11 is -6.64. The topological polar surface area (TPSA) is 118 Å². The molecule has 68 valence electrons. The number of rotatable bonds is 3. The van der Waals surface area contributed by atoms with Gasteiger partial charge in [-0.05, 0) is 0 Å². The molecule has 0 rings (SSSR count). The fraction of sp³-hybridized carbons (Fsp3) is 1.00.